The highest BCUT2D eigenvalue weighted by molar-refractivity contribution is 7.89. The van der Waals surface area contributed by atoms with Crippen LogP contribution in [0.15, 0.2) is 40.0 Å². The highest BCUT2D eigenvalue weighted by atomic mass is 35.5. The molecule has 23 heavy (non-hydrogen) atoms. The van der Waals surface area contributed by atoms with Crippen LogP contribution in [0.4, 0.5) is 0 Å². The second kappa shape index (κ2) is 7.69. The summed E-state index contributed by atoms with van der Waals surface area (Å²) in [6, 6.07) is 7.35. The molecule has 2 rings (SSSR count). The molecule has 0 unspecified atom stereocenters. The largest absolute Gasteiger partial charge is 0.385 e. The topological polar surface area (TPSA) is 101 Å². The van der Waals surface area contributed by atoms with E-state index in [2.05, 4.69) is 14.9 Å². The molecule has 1 aromatic heterocycles. The maximum absolute atomic E-state index is 12.3. The fourth-order valence-corrected chi connectivity index (χ4v) is 3.47. The second-order valence-corrected chi connectivity index (χ2v) is 6.84. The van der Waals surface area contributed by atoms with E-state index in [1.165, 1.54) is 24.3 Å². The molecular weight excluding hydrogens is 342 g/mol. The molecule has 0 spiro atoms. The van der Waals surface area contributed by atoms with Crippen molar-refractivity contribution in [3.05, 3.63) is 45.7 Å². The van der Waals surface area contributed by atoms with Crippen LogP contribution in [0.1, 0.15) is 6.42 Å². The molecular formula is C14H16ClN3O4S. The number of sulfonamides is 1. The third-order valence-electron chi connectivity index (χ3n) is 3.01. The van der Waals surface area contributed by atoms with Crippen molar-refractivity contribution in [1.82, 2.24) is 14.9 Å². The molecule has 0 radical (unpaired) electrons. The van der Waals surface area contributed by atoms with Gasteiger partial charge in [-0.2, -0.15) is 5.10 Å². The van der Waals surface area contributed by atoms with Crippen LogP contribution in [-0.2, 0) is 14.8 Å². The fourth-order valence-electron chi connectivity index (χ4n) is 1.87. The average Bonchev–Trinajstić information content (AvgIpc) is 2.53. The summed E-state index contributed by atoms with van der Waals surface area (Å²) in [6.07, 6.45) is 0.550. The third-order valence-corrected chi connectivity index (χ3v) is 4.96. The lowest BCUT2D eigenvalue weighted by atomic mass is 10.1. The Morgan fingerprint density at radius 2 is 2.09 bits per heavy atom. The number of halogens is 1. The van der Waals surface area contributed by atoms with E-state index in [9.17, 15) is 13.2 Å². The smallest absolute Gasteiger partial charge is 0.264 e. The Bertz CT molecular complexity index is 816. The minimum atomic E-state index is -3.75. The van der Waals surface area contributed by atoms with Gasteiger partial charge in [0.1, 0.15) is 4.90 Å². The lowest BCUT2D eigenvalue weighted by molar-refractivity contribution is 0.196. The summed E-state index contributed by atoms with van der Waals surface area (Å²) < 4.78 is 32.0. The molecule has 0 aliphatic carbocycles. The van der Waals surface area contributed by atoms with E-state index in [0.29, 0.717) is 24.3 Å². The number of aromatic nitrogens is 2. The van der Waals surface area contributed by atoms with Crippen LogP contribution in [0.25, 0.3) is 11.3 Å². The molecule has 0 saturated carbocycles. The molecule has 0 aliphatic rings. The van der Waals surface area contributed by atoms with Crippen LogP contribution in [0.5, 0.6) is 0 Å². The number of nitrogens with one attached hydrogen (secondary N) is 2. The summed E-state index contributed by atoms with van der Waals surface area (Å²) in [5, 5.41) is 6.29. The van der Waals surface area contributed by atoms with E-state index < -0.39 is 10.0 Å². The van der Waals surface area contributed by atoms with Gasteiger partial charge in [0, 0.05) is 31.9 Å². The Kier molecular flexibility index (Phi) is 5.89. The Morgan fingerprint density at radius 1 is 1.30 bits per heavy atom. The van der Waals surface area contributed by atoms with Gasteiger partial charge in [-0.3, -0.25) is 4.79 Å². The van der Waals surface area contributed by atoms with E-state index in [0.717, 1.165) is 0 Å². The van der Waals surface area contributed by atoms with Crippen LogP contribution < -0.4 is 10.3 Å². The first-order valence-corrected chi connectivity index (χ1v) is 8.64. The minimum Gasteiger partial charge on any atom is -0.385 e. The van der Waals surface area contributed by atoms with Gasteiger partial charge in [0.15, 0.2) is 0 Å². The molecule has 0 saturated heterocycles. The number of hydrogen-bond acceptors (Lipinski definition) is 5. The molecule has 2 aromatic rings. The van der Waals surface area contributed by atoms with Gasteiger partial charge >= 0.3 is 0 Å². The van der Waals surface area contributed by atoms with Crippen LogP contribution in [0.2, 0.25) is 5.02 Å². The van der Waals surface area contributed by atoms with Gasteiger partial charge in [-0.1, -0.05) is 17.7 Å². The zero-order valence-corrected chi connectivity index (χ0v) is 13.9. The molecule has 124 valence electrons. The van der Waals surface area contributed by atoms with Crippen molar-refractivity contribution < 1.29 is 13.2 Å². The molecule has 7 nitrogen and oxygen atoms in total. The fraction of sp³-hybridized carbons (Fsp3) is 0.286. The molecule has 1 aromatic carbocycles. The Morgan fingerprint density at radius 3 is 2.74 bits per heavy atom. The lowest BCUT2D eigenvalue weighted by Crippen LogP contribution is -2.25. The van der Waals surface area contributed by atoms with Crippen molar-refractivity contribution in [2.75, 3.05) is 20.3 Å². The quantitative estimate of drug-likeness (QED) is 0.729. The van der Waals surface area contributed by atoms with Crippen molar-refractivity contribution in [2.45, 2.75) is 11.3 Å². The van der Waals surface area contributed by atoms with E-state index in [1.807, 2.05) is 0 Å². The number of nitrogens with zero attached hydrogens (tertiary/aromatic N) is 1. The normalized spacial score (nSPS) is 11.6. The van der Waals surface area contributed by atoms with Crippen LogP contribution in [0.3, 0.4) is 0 Å². The molecule has 0 atom stereocenters. The zero-order valence-electron chi connectivity index (χ0n) is 12.4. The average molecular weight is 358 g/mol. The number of hydrogen-bond donors (Lipinski definition) is 2. The maximum Gasteiger partial charge on any atom is 0.264 e. The molecule has 2 N–H and O–H groups in total. The van der Waals surface area contributed by atoms with Gasteiger partial charge in [0.25, 0.3) is 5.56 Å². The highest BCUT2D eigenvalue weighted by Crippen LogP contribution is 2.26. The maximum atomic E-state index is 12.3. The van der Waals surface area contributed by atoms with E-state index in [4.69, 9.17) is 16.3 Å². The van der Waals surface area contributed by atoms with Crippen molar-refractivity contribution in [3.8, 4) is 11.3 Å². The van der Waals surface area contributed by atoms with Gasteiger partial charge < -0.3 is 4.74 Å². The number of ether oxygens (including phenoxy) is 1. The molecule has 0 fully saturated rings. The minimum absolute atomic E-state index is 0.0397. The van der Waals surface area contributed by atoms with Crippen molar-refractivity contribution >= 4 is 21.6 Å². The Labute approximate surface area is 138 Å². The first kappa shape index (κ1) is 17.6. The molecule has 0 bridgehead atoms. The standard InChI is InChI=1S/C14H16ClN3O4S/c1-22-8-2-7-16-23(20,21)13-9-10(3-4-11(13)15)12-5-6-14(19)18-17-12/h3-6,9,16H,2,7-8H2,1H3,(H,18,19). The van der Waals surface area contributed by atoms with Crippen molar-refractivity contribution in [2.24, 2.45) is 0 Å². The summed E-state index contributed by atoms with van der Waals surface area (Å²) in [7, 11) is -2.20. The monoisotopic (exact) mass is 357 g/mol. The van der Waals surface area contributed by atoms with Gasteiger partial charge in [0.05, 0.1) is 10.7 Å². The SMILES string of the molecule is COCCCNS(=O)(=O)c1cc(-c2ccc(=O)[nH]n2)ccc1Cl. The van der Waals surface area contributed by atoms with Crippen molar-refractivity contribution in [1.29, 1.82) is 0 Å². The summed E-state index contributed by atoms with van der Waals surface area (Å²) in [4.78, 5) is 11.0. The molecule has 0 aliphatic heterocycles. The molecule has 0 amide bonds. The van der Waals surface area contributed by atoms with E-state index in [1.54, 1.807) is 13.2 Å². The zero-order chi connectivity index (χ0) is 16.9. The van der Waals surface area contributed by atoms with E-state index >= 15 is 0 Å². The number of methoxy groups -OCH3 is 1. The Balaban J connectivity index is 2.29. The second-order valence-electron chi connectivity index (χ2n) is 4.70. The first-order chi connectivity index (χ1) is 10.9. The molecule has 9 heteroatoms. The van der Waals surface area contributed by atoms with E-state index in [-0.39, 0.29) is 22.0 Å². The summed E-state index contributed by atoms with van der Waals surface area (Å²) >= 11 is 6.01. The predicted octanol–water partition coefficient (Wildman–Crippen LogP) is 1.41. The predicted molar refractivity (Wildman–Crippen MR) is 87.0 cm³/mol. The number of benzene rings is 1. The number of rotatable bonds is 7. The molecule has 1 heterocycles. The highest BCUT2D eigenvalue weighted by Gasteiger charge is 2.18. The first-order valence-electron chi connectivity index (χ1n) is 6.78. The van der Waals surface area contributed by atoms with Gasteiger partial charge in [-0.15, -0.1) is 0 Å². The number of H-pyrrole nitrogens is 1. The van der Waals surface area contributed by atoms with Gasteiger partial charge in [-0.05, 0) is 24.6 Å². The summed E-state index contributed by atoms with van der Waals surface area (Å²) in [5.74, 6) is 0. The van der Waals surface area contributed by atoms with Crippen LogP contribution in [-0.4, -0.2) is 38.9 Å². The van der Waals surface area contributed by atoms with Crippen LogP contribution >= 0.6 is 11.6 Å². The third kappa shape index (κ3) is 4.61. The summed E-state index contributed by atoms with van der Waals surface area (Å²) in [5.41, 5.74) is 0.635. The Hall–Kier alpha value is -1.74. The van der Waals surface area contributed by atoms with Crippen molar-refractivity contribution in [3.63, 3.8) is 0 Å². The number of aromatic amines is 1. The lowest BCUT2D eigenvalue weighted by Gasteiger charge is -2.10. The summed E-state index contributed by atoms with van der Waals surface area (Å²) in [6.45, 7) is 0.700. The van der Waals surface area contributed by atoms with Gasteiger partial charge in [-0.25, -0.2) is 18.2 Å². The van der Waals surface area contributed by atoms with Gasteiger partial charge in [0.2, 0.25) is 10.0 Å². The van der Waals surface area contributed by atoms with Crippen LogP contribution in [0, 0.1) is 0 Å².